The maximum atomic E-state index is 5.88. The summed E-state index contributed by atoms with van der Waals surface area (Å²) in [4.78, 5) is 9.29. The average molecular weight is 280 g/mol. The van der Waals surface area contributed by atoms with Gasteiger partial charge in [-0.2, -0.15) is 0 Å². The summed E-state index contributed by atoms with van der Waals surface area (Å²) in [6.07, 6.45) is 3.19. The van der Waals surface area contributed by atoms with Gasteiger partial charge in [0.15, 0.2) is 5.65 Å². The lowest BCUT2D eigenvalue weighted by Gasteiger charge is -2.09. The zero-order chi connectivity index (χ0) is 13.8. The van der Waals surface area contributed by atoms with Gasteiger partial charge in [0, 0.05) is 24.5 Å². The number of fused-ring (bicyclic) bond motifs is 1. The standard InChI is InChI=1S/C15H22ClN3/c1-11(2)5-4-10-19-14(8-9-16)18-13-7-6-12(3)17-15(13)19/h6-7,11H,4-5,8-10H2,1-3H3. The van der Waals surface area contributed by atoms with E-state index in [9.17, 15) is 0 Å². The predicted octanol–water partition coefficient (Wildman–Crippen LogP) is 3.96. The van der Waals surface area contributed by atoms with Crippen molar-refractivity contribution in [3.8, 4) is 0 Å². The van der Waals surface area contributed by atoms with Gasteiger partial charge in [0.25, 0.3) is 0 Å². The minimum atomic E-state index is 0.604. The first kappa shape index (κ1) is 14.3. The molecule has 2 aromatic rings. The van der Waals surface area contributed by atoms with Gasteiger partial charge in [0.1, 0.15) is 11.3 Å². The van der Waals surface area contributed by atoms with E-state index in [2.05, 4.69) is 28.4 Å². The third kappa shape index (κ3) is 3.47. The number of hydrogen-bond donors (Lipinski definition) is 0. The zero-order valence-electron chi connectivity index (χ0n) is 12.0. The minimum absolute atomic E-state index is 0.604. The highest BCUT2D eigenvalue weighted by atomic mass is 35.5. The van der Waals surface area contributed by atoms with E-state index < -0.39 is 0 Å². The van der Waals surface area contributed by atoms with E-state index in [0.29, 0.717) is 5.88 Å². The Hall–Kier alpha value is -1.09. The van der Waals surface area contributed by atoms with Crippen LogP contribution < -0.4 is 0 Å². The summed E-state index contributed by atoms with van der Waals surface area (Å²) in [5.74, 6) is 2.40. The van der Waals surface area contributed by atoms with Crippen LogP contribution in [0.5, 0.6) is 0 Å². The molecule has 104 valence electrons. The van der Waals surface area contributed by atoms with Crippen molar-refractivity contribution < 1.29 is 0 Å². The minimum Gasteiger partial charge on any atom is -0.313 e. The summed E-state index contributed by atoms with van der Waals surface area (Å²) >= 11 is 5.88. The Bertz CT molecular complexity index is 546. The topological polar surface area (TPSA) is 30.7 Å². The first-order chi connectivity index (χ1) is 9.11. The first-order valence-electron chi connectivity index (χ1n) is 7.00. The molecule has 0 fully saturated rings. The van der Waals surface area contributed by atoms with Gasteiger partial charge in [-0.3, -0.25) is 0 Å². The molecule has 0 radical (unpaired) electrons. The molecule has 0 aliphatic rings. The van der Waals surface area contributed by atoms with Crippen LogP contribution in [0.4, 0.5) is 0 Å². The van der Waals surface area contributed by atoms with Crippen LogP contribution in [0.25, 0.3) is 11.2 Å². The number of pyridine rings is 1. The molecule has 0 N–H and O–H groups in total. The van der Waals surface area contributed by atoms with E-state index in [-0.39, 0.29) is 0 Å². The lowest BCUT2D eigenvalue weighted by atomic mass is 10.1. The summed E-state index contributed by atoms with van der Waals surface area (Å²) in [6, 6.07) is 4.06. The van der Waals surface area contributed by atoms with Crippen molar-refractivity contribution in [2.75, 3.05) is 5.88 Å². The molecule has 0 saturated heterocycles. The lowest BCUT2D eigenvalue weighted by Crippen LogP contribution is -2.06. The second-order valence-electron chi connectivity index (χ2n) is 5.45. The molecule has 0 atom stereocenters. The molecule has 0 bridgehead atoms. The van der Waals surface area contributed by atoms with Gasteiger partial charge < -0.3 is 4.57 Å². The fourth-order valence-corrected chi connectivity index (χ4v) is 2.48. The van der Waals surface area contributed by atoms with Crippen molar-refractivity contribution in [2.45, 2.75) is 46.6 Å². The second kappa shape index (κ2) is 6.38. The zero-order valence-corrected chi connectivity index (χ0v) is 12.7. The highest BCUT2D eigenvalue weighted by Crippen LogP contribution is 2.17. The molecule has 3 nitrogen and oxygen atoms in total. The molecule has 0 saturated carbocycles. The third-order valence-corrected chi connectivity index (χ3v) is 3.48. The van der Waals surface area contributed by atoms with Gasteiger partial charge in [-0.15, -0.1) is 11.6 Å². The quantitative estimate of drug-likeness (QED) is 0.750. The van der Waals surface area contributed by atoms with Crippen molar-refractivity contribution in [1.82, 2.24) is 14.5 Å². The molecule has 4 heteroatoms. The highest BCUT2D eigenvalue weighted by Gasteiger charge is 2.11. The number of aryl methyl sites for hydroxylation is 3. The molecule has 0 aromatic carbocycles. The summed E-state index contributed by atoms with van der Waals surface area (Å²) in [5, 5.41) is 0. The van der Waals surface area contributed by atoms with Crippen LogP contribution in [0.15, 0.2) is 12.1 Å². The van der Waals surface area contributed by atoms with Gasteiger partial charge >= 0.3 is 0 Å². The maximum absolute atomic E-state index is 5.88. The van der Waals surface area contributed by atoms with E-state index in [1.54, 1.807) is 0 Å². The molecule has 0 unspecified atom stereocenters. The lowest BCUT2D eigenvalue weighted by molar-refractivity contribution is 0.509. The van der Waals surface area contributed by atoms with Gasteiger partial charge in [-0.1, -0.05) is 13.8 Å². The maximum Gasteiger partial charge on any atom is 0.160 e. The van der Waals surface area contributed by atoms with Gasteiger partial charge in [-0.05, 0) is 37.8 Å². The number of alkyl halides is 1. The molecule has 19 heavy (non-hydrogen) atoms. The fraction of sp³-hybridized carbons (Fsp3) is 0.600. The molecule has 0 spiro atoms. The number of aromatic nitrogens is 3. The van der Waals surface area contributed by atoms with E-state index in [1.807, 2.05) is 19.1 Å². The summed E-state index contributed by atoms with van der Waals surface area (Å²) in [7, 11) is 0. The largest absolute Gasteiger partial charge is 0.313 e. The van der Waals surface area contributed by atoms with Crippen LogP contribution in [0.1, 0.15) is 38.2 Å². The molecule has 0 aliphatic carbocycles. The number of imidazole rings is 1. The average Bonchev–Trinajstić information content (AvgIpc) is 2.67. The highest BCUT2D eigenvalue weighted by molar-refractivity contribution is 6.17. The van der Waals surface area contributed by atoms with E-state index >= 15 is 0 Å². The Kier molecular flexibility index (Phi) is 4.81. The van der Waals surface area contributed by atoms with Crippen molar-refractivity contribution in [1.29, 1.82) is 0 Å². The Morgan fingerprint density at radius 1 is 1.26 bits per heavy atom. The third-order valence-electron chi connectivity index (χ3n) is 3.29. The van der Waals surface area contributed by atoms with Crippen molar-refractivity contribution in [2.24, 2.45) is 5.92 Å². The van der Waals surface area contributed by atoms with E-state index in [0.717, 1.165) is 48.0 Å². The number of nitrogens with zero attached hydrogens (tertiary/aromatic N) is 3. The van der Waals surface area contributed by atoms with Crippen molar-refractivity contribution in [3.05, 3.63) is 23.7 Å². The Labute approximate surface area is 120 Å². The summed E-state index contributed by atoms with van der Waals surface area (Å²) in [5.41, 5.74) is 3.02. The molecule has 2 heterocycles. The predicted molar refractivity (Wildman–Crippen MR) is 80.8 cm³/mol. The van der Waals surface area contributed by atoms with Crippen LogP contribution in [0.2, 0.25) is 0 Å². The van der Waals surface area contributed by atoms with Gasteiger partial charge in [-0.25, -0.2) is 9.97 Å². The van der Waals surface area contributed by atoms with Crippen molar-refractivity contribution >= 4 is 22.8 Å². The molecule has 2 aromatic heterocycles. The molecular weight excluding hydrogens is 258 g/mol. The Morgan fingerprint density at radius 2 is 2.05 bits per heavy atom. The first-order valence-corrected chi connectivity index (χ1v) is 7.54. The van der Waals surface area contributed by atoms with E-state index in [1.165, 1.54) is 6.42 Å². The van der Waals surface area contributed by atoms with Gasteiger partial charge in [0.05, 0.1) is 0 Å². The summed E-state index contributed by atoms with van der Waals surface area (Å²) < 4.78 is 2.24. The van der Waals surface area contributed by atoms with Crippen LogP contribution >= 0.6 is 11.6 Å². The Morgan fingerprint density at radius 3 is 2.74 bits per heavy atom. The van der Waals surface area contributed by atoms with Crippen LogP contribution in [0, 0.1) is 12.8 Å². The van der Waals surface area contributed by atoms with Crippen LogP contribution in [-0.4, -0.2) is 20.4 Å². The van der Waals surface area contributed by atoms with Crippen LogP contribution in [-0.2, 0) is 13.0 Å². The smallest absolute Gasteiger partial charge is 0.160 e. The normalized spacial score (nSPS) is 11.6. The van der Waals surface area contributed by atoms with Crippen LogP contribution in [0.3, 0.4) is 0 Å². The van der Waals surface area contributed by atoms with E-state index in [4.69, 9.17) is 11.6 Å². The van der Waals surface area contributed by atoms with Crippen molar-refractivity contribution in [3.63, 3.8) is 0 Å². The summed E-state index contributed by atoms with van der Waals surface area (Å²) in [6.45, 7) is 7.52. The molecule has 0 aliphatic heterocycles. The monoisotopic (exact) mass is 279 g/mol. The Balaban J connectivity index is 2.30. The van der Waals surface area contributed by atoms with Gasteiger partial charge in [0.2, 0.25) is 0 Å². The SMILES string of the molecule is Cc1ccc2nc(CCCl)n(CCCC(C)C)c2n1. The molecule has 0 amide bonds. The fourth-order valence-electron chi connectivity index (χ4n) is 2.31. The second-order valence-corrected chi connectivity index (χ2v) is 5.83. The molecule has 2 rings (SSSR count). The number of halogens is 1. The number of hydrogen-bond acceptors (Lipinski definition) is 2. The molecular formula is C15H22ClN3. The number of rotatable bonds is 6.